The fourth-order valence-electron chi connectivity index (χ4n) is 3.45. The molecule has 2 saturated heterocycles. The van der Waals surface area contributed by atoms with Gasteiger partial charge < -0.3 is 4.90 Å². The maximum atomic E-state index is 12.2. The number of piperidine rings is 2. The zero-order valence-electron chi connectivity index (χ0n) is 11.4. The van der Waals surface area contributed by atoms with Crippen molar-refractivity contribution in [3.8, 4) is 0 Å². The standard InChI is InChI=1S/C14H26N2O/c1-3-15-11-7-14(8-12-15,13(2)17)16-9-5-4-6-10-16/h3-12H2,1-2H3. The summed E-state index contributed by atoms with van der Waals surface area (Å²) in [5.74, 6) is 0.398. The van der Waals surface area contributed by atoms with E-state index in [1.807, 2.05) is 0 Å². The molecule has 0 amide bonds. The molecular formula is C14H26N2O. The fourth-order valence-corrected chi connectivity index (χ4v) is 3.45. The first-order valence-electron chi connectivity index (χ1n) is 7.17. The summed E-state index contributed by atoms with van der Waals surface area (Å²) in [4.78, 5) is 17.1. The zero-order chi connectivity index (χ0) is 12.3. The number of Topliss-reactive ketones (excluding diaryl/α,β-unsaturated/α-hetero) is 1. The van der Waals surface area contributed by atoms with Crippen molar-refractivity contribution in [3.05, 3.63) is 0 Å². The molecule has 3 nitrogen and oxygen atoms in total. The molecule has 2 heterocycles. The highest BCUT2D eigenvalue weighted by atomic mass is 16.1. The van der Waals surface area contributed by atoms with Gasteiger partial charge in [-0.2, -0.15) is 0 Å². The van der Waals surface area contributed by atoms with Crippen LogP contribution in [0.4, 0.5) is 0 Å². The van der Waals surface area contributed by atoms with E-state index >= 15 is 0 Å². The van der Waals surface area contributed by atoms with Crippen LogP contribution in [0.3, 0.4) is 0 Å². The number of carbonyl (C=O) groups is 1. The van der Waals surface area contributed by atoms with Gasteiger partial charge in [-0.15, -0.1) is 0 Å². The molecule has 17 heavy (non-hydrogen) atoms. The van der Waals surface area contributed by atoms with Crippen molar-refractivity contribution in [1.82, 2.24) is 9.80 Å². The summed E-state index contributed by atoms with van der Waals surface area (Å²) in [6.45, 7) is 9.57. The monoisotopic (exact) mass is 238 g/mol. The summed E-state index contributed by atoms with van der Waals surface area (Å²) in [6.07, 6.45) is 5.96. The van der Waals surface area contributed by atoms with Crippen molar-refractivity contribution in [2.24, 2.45) is 0 Å². The van der Waals surface area contributed by atoms with Crippen molar-refractivity contribution in [1.29, 1.82) is 0 Å². The number of hydrogen-bond acceptors (Lipinski definition) is 3. The Bertz CT molecular complexity index is 263. The summed E-state index contributed by atoms with van der Waals surface area (Å²) in [6, 6.07) is 0. The molecule has 0 aliphatic carbocycles. The Morgan fingerprint density at radius 3 is 2.12 bits per heavy atom. The van der Waals surface area contributed by atoms with Crippen molar-refractivity contribution in [2.45, 2.75) is 51.5 Å². The second kappa shape index (κ2) is 5.49. The lowest BCUT2D eigenvalue weighted by Gasteiger charge is -2.48. The first-order valence-corrected chi connectivity index (χ1v) is 7.17. The van der Waals surface area contributed by atoms with Gasteiger partial charge >= 0.3 is 0 Å². The van der Waals surface area contributed by atoms with Crippen molar-refractivity contribution in [2.75, 3.05) is 32.7 Å². The highest BCUT2D eigenvalue weighted by Gasteiger charge is 2.43. The molecule has 0 aromatic rings. The highest BCUT2D eigenvalue weighted by Crippen LogP contribution is 2.32. The van der Waals surface area contributed by atoms with Crippen LogP contribution in [0.5, 0.6) is 0 Å². The predicted molar refractivity (Wildman–Crippen MR) is 70.2 cm³/mol. The Hall–Kier alpha value is -0.410. The van der Waals surface area contributed by atoms with E-state index in [-0.39, 0.29) is 5.54 Å². The number of rotatable bonds is 3. The first kappa shape index (κ1) is 13.0. The molecule has 0 aromatic carbocycles. The number of ketones is 1. The van der Waals surface area contributed by atoms with Crippen LogP contribution in [-0.2, 0) is 4.79 Å². The molecule has 98 valence electrons. The van der Waals surface area contributed by atoms with E-state index in [0.717, 1.165) is 45.6 Å². The van der Waals surface area contributed by atoms with Crippen LogP contribution in [0, 0.1) is 0 Å². The van der Waals surface area contributed by atoms with Crippen LogP contribution in [0.2, 0.25) is 0 Å². The van der Waals surface area contributed by atoms with E-state index in [4.69, 9.17) is 0 Å². The molecule has 0 saturated carbocycles. The second-order valence-corrected chi connectivity index (χ2v) is 5.57. The van der Waals surface area contributed by atoms with Gasteiger partial charge in [-0.25, -0.2) is 0 Å². The minimum atomic E-state index is -0.119. The summed E-state index contributed by atoms with van der Waals surface area (Å²) < 4.78 is 0. The topological polar surface area (TPSA) is 23.6 Å². The lowest BCUT2D eigenvalue weighted by Crippen LogP contribution is -2.60. The molecule has 0 bridgehead atoms. The lowest BCUT2D eigenvalue weighted by molar-refractivity contribution is -0.133. The van der Waals surface area contributed by atoms with E-state index < -0.39 is 0 Å². The molecule has 0 radical (unpaired) electrons. The minimum absolute atomic E-state index is 0.119. The minimum Gasteiger partial charge on any atom is -0.303 e. The van der Waals surface area contributed by atoms with Crippen LogP contribution in [-0.4, -0.2) is 53.8 Å². The SMILES string of the molecule is CCN1CCC(C(C)=O)(N2CCCCC2)CC1. The van der Waals surface area contributed by atoms with Crippen LogP contribution >= 0.6 is 0 Å². The lowest BCUT2D eigenvalue weighted by atomic mass is 9.81. The predicted octanol–water partition coefficient (Wildman–Crippen LogP) is 1.92. The van der Waals surface area contributed by atoms with Gasteiger partial charge in [0.05, 0.1) is 5.54 Å². The smallest absolute Gasteiger partial charge is 0.150 e. The average Bonchev–Trinajstić information content (AvgIpc) is 2.39. The van der Waals surface area contributed by atoms with E-state index in [9.17, 15) is 4.79 Å². The molecule has 0 unspecified atom stereocenters. The van der Waals surface area contributed by atoms with Gasteiger partial charge in [0.1, 0.15) is 5.78 Å². The number of carbonyl (C=O) groups excluding carboxylic acids is 1. The van der Waals surface area contributed by atoms with E-state index in [1.165, 1.54) is 19.3 Å². The third kappa shape index (κ3) is 2.55. The fraction of sp³-hybridized carbons (Fsp3) is 0.929. The molecule has 0 aromatic heterocycles. The molecule has 0 N–H and O–H groups in total. The van der Waals surface area contributed by atoms with Crippen LogP contribution in [0.25, 0.3) is 0 Å². The van der Waals surface area contributed by atoms with Gasteiger partial charge in [0, 0.05) is 13.1 Å². The van der Waals surface area contributed by atoms with E-state index in [2.05, 4.69) is 16.7 Å². The van der Waals surface area contributed by atoms with Gasteiger partial charge in [-0.05, 0) is 52.2 Å². The Balaban J connectivity index is 2.07. The van der Waals surface area contributed by atoms with Crippen molar-refractivity contribution in [3.63, 3.8) is 0 Å². The Labute approximate surface area is 105 Å². The van der Waals surface area contributed by atoms with Crippen molar-refractivity contribution >= 4 is 5.78 Å². The summed E-state index contributed by atoms with van der Waals surface area (Å²) in [5.41, 5.74) is -0.119. The summed E-state index contributed by atoms with van der Waals surface area (Å²) in [7, 11) is 0. The average molecular weight is 238 g/mol. The largest absolute Gasteiger partial charge is 0.303 e. The maximum absolute atomic E-state index is 12.2. The third-order valence-electron chi connectivity index (χ3n) is 4.75. The van der Waals surface area contributed by atoms with E-state index in [1.54, 1.807) is 6.92 Å². The van der Waals surface area contributed by atoms with Crippen LogP contribution < -0.4 is 0 Å². The van der Waals surface area contributed by atoms with Gasteiger partial charge in [-0.3, -0.25) is 9.69 Å². The summed E-state index contributed by atoms with van der Waals surface area (Å²) >= 11 is 0. The van der Waals surface area contributed by atoms with Gasteiger partial charge in [0.25, 0.3) is 0 Å². The zero-order valence-corrected chi connectivity index (χ0v) is 11.4. The molecule has 3 heteroatoms. The molecule has 2 aliphatic rings. The number of nitrogens with zero attached hydrogens (tertiary/aromatic N) is 2. The van der Waals surface area contributed by atoms with Gasteiger partial charge in [0.2, 0.25) is 0 Å². The first-order chi connectivity index (χ1) is 8.19. The Kier molecular flexibility index (Phi) is 4.21. The number of likely N-dealkylation sites (tertiary alicyclic amines) is 2. The van der Waals surface area contributed by atoms with Crippen LogP contribution in [0.15, 0.2) is 0 Å². The van der Waals surface area contributed by atoms with Gasteiger partial charge in [-0.1, -0.05) is 13.3 Å². The summed E-state index contributed by atoms with van der Waals surface area (Å²) in [5, 5.41) is 0. The molecule has 2 rings (SSSR count). The molecule has 2 fully saturated rings. The molecule has 2 aliphatic heterocycles. The molecule has 0 spiro atoms. The van der Waals surface area contributed by atoms with Crippen molar-refractivity contribution < 1.29 is 4.79 Å². The van der Waals surface area contributed by atoms with E-state index in [0.29, 0.717) is 5.78 Å². The molecular weight excluding hydrogens is 212 g/mol. The number of hydrogen-bond donors (Lipinski definition) is 0. The highest BCUT2D eigenvalue weighted by molar-refractivity contribution is 5.86. The van der Waals surface area contributed by atoms with Gasteiger partial charge in [0.15, 0.2) is 0 Å². The Morgan fingerprint density at radius 2 is 1.65 bits per heavy atom. The second-order valence-electron chi connectivity index (χ2n) is 5.57. The third-order valence-corrected chi connectivity index (χ3v) is 4.75. The van der Waals surface area contributed by atoms with Crippen LogP contribution in [0.1, 0.15) is 46.0 Å². The maximum Gasteiger partial charge on any atom is 0.150 e. The normalized spacial score (nSPS) is 26.9. The Morgan fingerprint density at radius 1 is 1.06 bits per heavy atom. The molecule has 0 atom stereocenters. The quantitative estimate of drug-likeness (QED) is 0.750.